The summed E-state index contributed by atoms with van der Waals surface area (Å²) < 4.78 is 21.4. The summed E-state index contributed by atoms with van der Waals surface area (Å²) in [5.74, 6) is -0.585. The lowest BCUT2D eigenvalue weighted by atomic mass is 10.1. The predicted molar refractivity (Wildman–Crippen MR) is 118 cm³/mol. The molecule has 4 aromatic rings. The quantitative estimate of drug-likeness (QED) is 0.432. The molecule has 0 saturated carbocycles. The van der Waals surface area contributed by atoms with Crippen molar-refractivity contribution < 1.29 is 13.9 Å². The number of para-hydroxylation sites is 1. The van der Waals surface area contributed by atoms with E-state index >= 15 is 0 Å². The van der Waals surface area contributed by atoms with Crippen molar-refractivity contribution in [2.45, 2.75) is 6.61 Å². The highest BCUT2D eigenvalue weighted by Crippen LogP contribution is 2.33. The number of anilines is 2. The van der Waals surface area contributed by atoms with Crippen LogP contribution in [0, 0.1) is 5.82 Å². The highest BCUT2D eigenvalue weighted by molar-refractivity contribution is 7.12. The largest absolute Gasteiger partial charge is 0.380 e. The van der Waals surface area contributed by atoms with Crippen LogP contribution >= 0.6 is 22.9 Å². The van der Waals surface area contributed by atoms with E-state index in [-0.39, 0.29) is 16.6 Å². The van der Waals surface area contributed by atoms with Crippen molar-refractivity contribution in [2.24, 2.45) is 0 Å². The molecule has 0 aliphatic carbocycles. The van der Waals surface area contributed by atoms with Crippen molar-refractivity contribution in [2.75, 3.05) is 19.5 Å². The van der Waals surface area contributed by atoms with Crippen LogP contribution in [0.5, 0.6) is 0 Å². The summed E-state index contributed by atoms with van der Waals surface area (Å²) in [6.45, 7) is 0.308. The molecule has 0 radical (unpaired) electrons. The number of carbonyl (C=O) groups excluding carboxylic acids is 1. The second-order valence-corrected chi connectivity index (χ2v) is 7.85. The maximum Gasteiger partial charge on any atom is 0.261 e. The molecule has 30 heavy (non-hydrogen) atoms. The van der Waals surface area contributed by atoms with E-state index in [0.29, 0.717) is 17.2 Å². The van der Waals surface area contributed by atoms with Gasteiger partial charge in [-0.2, -0.15) is 5.10 Å². The minimum atomic E-state index is -0.443. The van der Waals surface area contributed by atoms with E-state index in [1.165, 1.54) is 17.4 Å². The zero-order valence-corrected chi connectivity index (χ0v) is 17.8. The van der Waals surface area contributed by atoms with E-state index in [0.717, 1.165) is 22.2 Å². The minimum absolute atomic E-state index is 0.143. The molecular weight excluding hydrogens is 427 g/mol. The molecular formula is C21H18ClFN4O2S. The van der Waals surface area contributed by atoms with Gasteiger partial charge >= 0.3 is 0 Å². The van der Waals surface area contributed by atoms with Crippen LogP contribution in [0.25, 0.3) is 16.6 Å². The molecule has 2 aromatic heterocycles. The fourth-order valence-electron chi connectivity index (χ4n) is 3.15. The SMILES string of the molecule is CNC(=O)c1cc(-n2ncc3cc(Nc4c(F)cccc4Cl)c(COC)cc32)cs1. The smallest absolute Gasteiger partial charge is 0.261 e. The molecule has 0 fully saturated rings. The fraction of sp³-hybridized carbons (Fsp3) is 0.143. The van der Waals surface area contributed by atoms with Crippen LogP contribution in [0.2, 0.25) is 5.02 Å². The Bertz CT molecular complexity index is 1220. The normalized spacial score (nSPS) is 11.1. The van der Waals surface area contributed by atoms with E-state index in [1.54, 1.807) is 43.2 Å². The number of carbonyl (C=O) groups is 1. The molecule has 2 heterocycles. The van der Waals surface area contributed by atoms with Crippen molar-refractivity contribution in [1.29, 1.82) is 0 Å². The van der Waals surface area contributed by atoms with E-state index in [2.05, 4.69) is 15.7 Å². The molecule has 2 aromatic carbocycles. The first-order valence-electron chi connectivity index (χ1n) is 9.03. The molecule has 6 nitrogen and oxygen atoms in total. The van der Waals surface area contributed by atoms with Gasteiger partial charge in [0.05, 0.1) is 39.6 Å². The Morgan fingerprint density at radius 1 is 1.33 bits per heavy atom. The molecule has 0 aliphatic heterocycles. The number of aromatic nitrogens is 2. The standard InChI is InChI=1S/C21H18ClFN4O2S/c1-24-21(28)19-8-14(11-30-19)27-18-7-13(10-29-2)17(6-12(18)9-25-27)26-20-15(22)4-3-5-16(20)23/h3-9,11,26H,10H2,1-2H3,(H,24,28). The molecule has 154 valence electrons. The summed E-state index contributed by atoms with van der Waals surface area (Å²) in [7, 11) is 3.19. The van der Waals surface area contributed by atoms with Crippen molar-refractivity contribution in [1.82, 2.24) is 15.1 Å². The summed E-state index contributed by atoms with van der Waals surface area (Å²) >= 11 is 7.51. The van der Waals surface area contributed by atoms with Gasteiger partial charge in [0, 0.05) is 36.2 Å². The Labute approximate surface area is 181 Å². The summed E-state index contributed by atoms with van der Waals surface area (Å²) in [5.41, 5.74) is 3.32. The van der Waals surface area contributed by atoms with Crippen LogP contribution in [-0.4, -0.2) is 29.8 Å². The second-order valence-electron chi connectivity index (χ2n) is 6.53. The Kier molecular flexibility index (Phi) is 5.72. The first-order chi connectivity index (χ1) is 14.5. The monoisotopic (exact) mass is 444 g/mol. The van der Waals surface area contributed by atoms with Crippen LogP contribution in [0.1, 0.15) is 15.2 Å². The van der Waals surface area contributed by atoms with Gasteiger partial charge in [-0.3, -0.25) is 4.79 Å². The highest BCUT2D eigenvalue weighted by Gasteiger charge is 2.15. The lowest BCUT2D eigenvalue weighted by molar-refractivity contribution is 0.0967. The molecule has 1 amide bonds. The summed E-state index contributed by atoms with van der Waals surface area (Å²) in [4.78, 5) is 12.5. The summed E-state index contributed by atoms with van der Waals surface area (Å²) in [5, 5.41) is 13.2. The second kappa shape index (κ2) is 8.43. The topological polar surface area (TPSA) is 68.2 Å². The third-order valence-electron chi connectivity index (χ3n) is 4.60. The van der Waals surface area contributed by atoms with Gasteiger partial charge in [-0.05, 0) is 30.3 Å². The highest BCUT2D eigenvalue weighted by atomic mass is 35.5. The van der Waals surface area contributed by atoms with Gasteiger partial charge in [-0.1, -0.05) is 17.7 Å². The van der Waals surface area contributed by atoms with Crippen LogP contribution in [0.4, 0.5) is 15.8 Å². The third-order valence-corrected chi connectivity index (χ3v) is 5.83. The summed E-state index contributed by atoms with van der Waals surface area (Å²) in [6.07, 6.45) is 1.72. The fourth-order valence-corrected chi connectivity index (χ4v) is 4.17. The molecule has 0 spiro atoms. The zero-order valence-electron chi connectivity index (χ0n) is 16.2. The lowest BCUT2D eigenvalue weighted by Crippen LogP contribution is -2.16. The van der Waals surface area contributed by atoms with E-state index in [1.807, 2.05) is 17.5 Å². The lowest BCUT2D eigenvalue weighted by Gasteiger charge is -2.14. The molecule has 4 rings (SSSR count). The number of thiophene rings is 1. The maximum absolute atomic E-state index is 14.3. The Morgan fingerprint density at radius 3 is 2.90 bits per heavy atom. The number of methoxy groups -OCH3 is 1. The van der Waals surface area contributed by atoms with Crippen molar-refractivity contribution in [3.8, 4) is 5.69 Å². The maximum atomic E-state index is 14.3. The zero-order chi connectivity index (χ0) is 21.3. The van der Waals surface area contributed by atoms with Gasteiger partial charge in [-0.25, -0.2) is 9.07 Å². The molecule has 0 bridgehead atoms. The first kappa shape index (κ1) is 20.3. The van der Waals surface area contributed by atoms with E-state index in [9.17, 15) is 9.18 Å². The number of rotatable bonds is 6. The van der Waals surface area contributed by atoms with Gasteiger partial charge in [-0.15, -0.1) is 11.3 Å². The Hall–Kier alpha value is -2.94. The van der Waals surface area contributed by atoms with E-state index < -0.39 is 5.82 Å². The Morgan fingerprint density at radius 2 is 2.17 bits per heavy atom. The molecule has 2 N–H and O–H groups in total. The van der Waals surface area contributed by atoms with E-state index in [4.69, 9.17) is 16.3 Å². The number of halogens is 2. The minimum Gasteiger partial charge on any atom is -0.380 e. The molecule has 0 unspecified atom stereocenters. The average Bonchev–Trinajstić information content (AvgIpc) is 3.37. The number of ether oxygens (including phenoxy) is 1. The van der Waals surface area contributed by atoms with Crippen LogP contribution in [-0.2, 0) is 11.3 Å². The first-order valence-corrected chi connectivity index (χ1v) is 10.3. The number of hydrogen-bond acceptors (Lipinski definition) is 5. The molecule has 0 saturated heterocycles. The number of benzene rings is 2. The number of nitrogens with one attached hydrogen (secondary N) is 2. The Balaban J connectivity index is 1.78. The van der Waals surface area contributed by atoms with Crippen LogP contribution in [0.3, 0.4) is 0 Å². The van der Waals surface area contributed by atoms with Crippen molar-refractivity contribution in [3.63, 3.8) is 0 Å². The molecule has 0 atom stereocenters. The average molecular weight is 445 g/mol. The van der Waals surface area contributed by atoms with Gasteiger partial charge in [0.2, 0.25) is 0 Å². The molecule has 9 heteroatoms. The van der Waals surface area contributed by atoms with Crippen molar-refractivity contribution in [3.05, 3.63) is 69.3 Å². The van der Waals surface area contributed by atoms with Gasteiger partial charge in [0.15, 0.2) is 0 Å². The predicted octanol–water partition coefficient (Wildman–Crippen LogP) is 5.13. The number of hydrogen-bond donors (Lipinski definition) is 2. The third kappa shape index (κ3) is 3.77. The van der Waals surface area contributed by atoms with Gasteiger partial charge in [0.1, 0.15) is 5.82 Å². The van der Waals surface area contributed by atoms with Crippen LogP contribution in [0.15, 0.2) is 48.0 Å². The van der Waals surface area contributed by atoms with Crippen LogP contribution < -0.4 is 10.6 Å². The molecule has 0 aliphatic rings. The number of amides is 1. The van der Waals surface area contributed by atoms with Gasteiger partial charge < -0.3 is 15.4 Å². The van der Waals surface area contributed by atoms with Gasteiger partial charge in [0.25, 0.3) is 5.91 Å². The number of nitrogens with zero attached hydrogens (tertiary/aromatic N) is 2. The summed E-state index contributed by atoms with van der Waals surface area (Å²) in [6, 6.07) is 10.1. The van der Waals surface area contributed by atoms with Crippen molar-refractivity contribution >= 4 is 51.1 Å². The number of fused-ring (bicyclic) bond motifs is 1.